The maximum Gasteiger partial charge on any atom is 0.148 e. The van der Waals surface area contributed by atoms with E-state index in [4.69, 9.17) is 0 Å². The van der Waals surface area contributed by atoms with Gasteiger partial charge in [-0.1, -0.05) is 19.3 Å². The van der Waals surface area contributed by atoms with Gasteiger partial charge < -0.3 is 10.2 Å². The van der Waals surface area contributed by atoms with E-state index in [0.717, 1.165) is 5.69 Å². The summed E-state index contributed by atoms with van der Waals surface area (Å²) >= 11 is 0. The van der Waals surface area contributed by atoms with Crippen LogP contribution in [0.5, 0.6) is 0 Å². The van der Waals surface area contributed by atoms with Gasteiger partial charge in [-0.05, 0) is 44.9 Å². The number of halogens is 1. The van der Waals surface area contributed by atoms with Crippen molar-refractivity contribution >= 4 is 11.4 Å². The topological polar surface area (TPSA) is 15.3 Å². The lowest BCUT2D eigenvalue weighted by Crippen LogP contribution is -2.26. The number of rotatable bonds is 4. The lowest BCUT2D eigenvalue weighted by atomic mass is 9.95. The molecule has 0 atom stereocenters. The van der Waals surface area contributed by atoms with Crippen molar-refractivity contribution in [1.82, 2.24) is 0 Å². The van der Waals surface area contributed by atoms with E-state index < -0.39 is 0 Å². The second kappa shape index (κ2) is 6.27. The van der Waals surface area contributed by atoms with Crippen molar-refractivity contribution in [3.8, 4) is 0 Å². The number of nitrogens with zero attached hydrogens (tertiary/aromatic N) is 1. The summed E-state index contributed by atoms with van der Waals surface area (Å²) in [7, 11) is 1.93. The summed E-state index contributed by atoms with van der Waals surface area (Å²) in [4.78, 5) is 1.96. The molecule has 1 aromatic carbocycles. The quantitative estimate of drug-likeness (QED) is 0.866. The molecule has 1 aromatic rings. The highest BCUT2D eigenvalue weighted by molar-refractivity contribution is 5.56. The molecule has 0 unspecified atom stereocenters. The van der Waals surface area contributed by atoms with Gasteiger partial charge in [0, 0.05) is 24.8 Å². The Hall–Kier alpha value is -1.25. The van der Waals surface area contributed by atoms with Crippen molar-refractivity contribution in [3.63, 3.8) is 0 Å². The summed E-state index contributed by atoms with van der Waals surface area (Å²) in [6, 6.07) is 6.31. The third-order valence-corrected chi connectivity index (χ3v) is 4.08. The Balaban J connectivity index is 2.05. The third-order valence-electron chi connectivity index (χ3n) is 4.08. The number of nitrogens with one attached hydrogen (secondary N) is 1. The van der Waals surface area contributed by atoms with Crippen molar-refractivity contribution in [2.45, 2.75) is 58.0 Å². The van der Waals surface area contributed by atoms with Crippen LogP contribution in [0.15, 0.2) is 18.2 Å². The normalized spacial score (nSPS) is 16.7. The summed E-state index contributed by atoms with van der Waals surface area (Å²) in [5.41, 5.74) is 1.58. The van der Waals surface area contributed by atoms with Crippen LogP contribution in [0.2, 0.25) is 0 Å². The van der Waals surface area contributed by atoms with Gasteiger partial charge in [0.25, 0.3) is 0 Å². The molecule has 0 saturated heterocycles. The van der Waals surface area contributed by atoms with Gasteiger partial charge in [-0.2, -0.15) is 0 Å². The van der Waals surface area contributed by atoms with Crippen LogP contribution in [0.3, 0.4) is 0 Å². The Bertz CT molecular complexity index is 411. The molecule has 0 aliphatic heterocycles. The zero-order chi connectivity index (χ0) is 13.8. The number of hydrogen-bond acceptors (Lipinski definition) is 2. The molecule has 2 rings (SSSR count). The third kappa shape index (κ3) is 3.62. The Labute approximate surface area is 116 Å². The van der Waals surface area contributed by atoms with Crippen LogP contribution in [0.25, 0.3) is 0 Å². The van der Waals surface area contributed by atoms with Crippen LogP contribution in [0.1, 0.15) is 46.0 Å². The van der Waals surface area contributed by atoms with Crippen molar-refractivity contribution in [3.05, 3.63) is 24.0 Å². The maximum atomic E-state index is 14.1. The van der Waals surface area contributed by atoms with Gasteiger partial charge in [0.15, 0.2) is 0 Å². The molecule has 1 saturated carbocycles. The minimum Gasteiger partial charge on any atom is -0.382 e. The number of anilines is 2. The fourth-order valence-electron chi connectivity index (χ4n) is 2.64. The van der Waals surface area contributed by atoms with Gasteiger partial charge in [0.05, 0.1) is 5.69 Å². The first-order chi connectivity index (χ1) is 9.08. The standard InChI is InChI=1S/C16H25FN2/c1-12(2)19(3)16-10-9-14(11-15(16)17)18-13-7-5-4-6-8-13/h9-13,18H,4-8H2,1-3H3. The van der Waals surface area contributed by atoms with Crippen LogP contribution in [-0.2, 0) is 0 Å². The predicted octanol–water partition coefficient (Wildman–Crippen LogP) is 4.41. The molecule has 1 aliphatic carbocycles. The van der Waals surface area contributed by atoms with Gasteiger partial charge in [0.1, 0.15) is 5.82 Å². The first-order valence-corrected chi connectivity index (χ1v) is 7.37. The van der Waals surface area contributed by atoms with E-state index in [1.165, 1.54) is 32.1 Å². The summed E-state index contributed by atoms with van der Waals surface area (Å²) in [5, 5.41) is 3.46. The molecule has 0 spiro atoms. The summed E-state index contributed by atoms with van der Waals surface area (Å²) in [6.45, 7) is 4.13. The Kier molecular flexibility index (Phi) is 4.67. The maximum absolute atomic E-state index is 14.1. The van der Waals surface area contributed by atoms with E-state index in [2.05, 4.69) is 19.2 Å². The summed E-state index contributed by atoms with van der Waals surface area (Å²) in [5.74, 6) is -0.142. The highest BCUT2D eigenvalue weighted by Gasteiger charge is 2.15. The molecule has 3 heteroatoms. The lowest BCUT2D eigenvalue weighted by Gasteiger charge is -2.26. The predicted molar refractivity (Wildman–Crippen MR) is 80.4 cm³/mol. The first-order valence-electron chi connectivity index (χ1n) is 7.37. The minimum atomic E-state index is -0.142. The lowest BCUT2D eigenvalue weighted by molar-refractivity contribution is 0.462. The highest BCUT2D eigenvalue weighted by atomic mass is 19.1. The number of hydrogen-bond donors (Lipinski definition) is 1. The number of benzene rings is 1. The average molecular weight is 264 g/mol. The van der Waals surface area contributed by atoms with Gasteiger partial charge >= 0.3 is 0 Å². The zero-order valence-corrected chi connectivity index (χ0v) is 12.2. The summed E-state index contributed by atoms with van der Waals surface area (Å²) < 4.78 is 14.1. The molecule has 0 aromatic heterocycles. The van der Waals surface area contributed by atoms with E-state index >= 15 is 0 Å². The van der Waals surface area contributed by atoms with Gasteiger partial charge in [-0.25, -0.2) is 4.39 Å². The van der Waals surface area contributed by atoms with Gasteiger partial charge in [-0.3, -0.25) is 0 Å². The van der Waals surface area contributed by atoms with Crippen LogP contribution in [0.4, 0.5) is 15.8 Å². The van der Waals surface area contributed by atoms with Crippen molar-refractivity contribution in [2.75, 3.05) is 17.3 Å². The first kappa shape index (κ1) is 14.2. The SMILES string of the molecule is CC(C)N(C)c1ccc(NC2CCCCC2)cc1F. The molecule has 1 N–H and O–H groups in total. The van der Waals surface area contributed by atoms with E-state index in [1.807, 2.05) is 24.1 Å². The van der Waals surface area contributed by atoms with Crippen LogP contribution in [-0.4, -0.2) is 19.1 Å². The Morgan fingerprint density at radius 2 is 1.89 bits per heavy atom. The molecule has 106 valence electrons. The Morgan fingerprint density at radius 3 is 2.47 bits per heavy atom. The van der Waals surface area contributed by atoms with Crippen LogP contribution < -0.4 is 10.2 Å². The zero-order valence-electron chi connectivity index (χ0n) is 12.2. The minimum absolute atomic E-state index is 0.142. The summed E-state index contributed by atoms with van der Waals surface area (Å²) in [6.07, 6.45) is 6.32. The molecule has 1 fully saturated rings. The monoisotopic (exact) mass is 264 g/mol. The van der Waals surface area contributed by atoms with E-state index in [9.17, 15) is 4.39 Å². The smallest absolute Gasteiger partial charge is 0.148 e. The fourth-order valence-corrected chi connectivity index (χ4v) is 2.64. The highest BCUT2D eigenvalue weighted by Crippen LogP contribution is 2.26. The largest absolute Gasteiger partial charge is 0.382 e. The van der Waals surface area contributed by atoms with E-state index in [1.54, 1.807) is 6.07 Å². The van der Waals surface area contributed by atoms with E-state index in [-0.39, 0.29) is 5.82 Å². The molecular weight excluding hydrogens is 239 g/mol. The molecule has 0 bridgehead atoms. The van der Waals surface area contributed by atoms with Crippen molar-refractivity contribution in [1.29, 1.82) is 0 Å². The van der Waals surface area contributed by atoms with Crippen molar-refractivity contribution < 1.29 is 4.39 Å². The molecular formula is C16H25FN2. The second-order valence-corrected chi connectivity index (χ2v) is 5.85. The molecule has 0 radical (unpaired) electrons. The van der Waals surface area contributed by atoms with Gasteiger partial charge in [-0.15, -0.1) is 0 Å². The molecule has 1 aliphatic rings. The van der Waals surface area contributed by atoms with Crippen molar-refractivity contribution in [2.24, 2.45) is 0 Å². The second-order valence-electron chi connectivity index (χ2n) is 5.85. The molecule has 0 heterocycles. The molecule has 0 amide bonds. The molecule has 2 nitrogen and oxygen atoms in total. The van der Waals surface area contributed by atoms with E-state index in [0.29, 0.717) is 17.8 Å². The fraction of sp³-hybridized carbons (Fsp3) is 0.625. The van der Waals surface area contributed by atoms with Crippen LogP contribution in [0, 0.1) is 5.82 Å². The Morgan fingerprint density at radius 1 is 1.21 bits per heavy atom. The van der Waals surface area contributed by atoms with Gasteiger partial charge in [0.2, 0.25) is 0 Å². The molecule has 19 heavy (non-hydrogen) atoms. The average Bonchev–Trinajstić information content (AvgIpc) is 2.39. The van der Waals surface area contributed by atoms with Crippen LogP contribution >= 0.6 is 0 Å².